The van der Waals surface area contributed by atoms with Crippen LogP contribution in [0.3, 0.4) is 0 Å². The Morgan fingerprint density at radius 1 is 1.33 bits per heavy atom. The summed E-state index contributed by atoms with van der Waals surface area (Å²) in [5.41, 5.74) is 6.54. The largest absolute Gasteiger partial charge is 0.508 e. The number of rotatable bonds is 8. The number of benzene rings is 1. The number of carboxylic acid groups (broad SMARTS) is 1. The highest BCUT2D eigenvalue weighted by molar-refractivity contribution is 5.86. The van der Waals surface area contributed by atoms with E-state index in [9.17, 15) is 14.7 Å². The number of hydrogen-bond donors (Lipinski definition) is 4. The van der Waals surface area contributed by atoms with Crippen LogP contribution in [0.2, 0.25) is 0 Å². The quantitative estimate of drug-likeness (QED) is 0.530. The molecular formula is C14H20N2O5. The summed E-state index contributed by atoms with van der Waals surface area (Å²) < 4.78 is 4.80. The van der Waals surface area contributed by atoms with Crippen molar-refractivity contribution in [2.24, 2.45) is 5.73 Å². The van der Waals surface area contributed by atoms with E-state index >= 15 is 0 Å². The lowest BCUT2D eigenvalue weighted by Crippen LogP contribution is -2.49. The second-order valence-electron chi connectivity index (χ2n) is 4.66. The molecule has 1 aromatic rings. The Balaban J connectivity index is 2.56. The zero-order chi connectivity index (χ0) is 15.8. The van der Waals surface area contributed by atoms with Gasteiger partial charge in [-0.25, -0.2) is 4.79 Å². The standard InChI is InChI=1S/C14H20N2O5/c1-21-7-6-12(14(19)20)16-13(18)11(15)8-9-2-4-10(17)5-3-9/h2-5,11-12,17H,6-8,15H2,1H3,(H,16,18)(H,19,20)/t11-,12?/m1/s1. The van der Waals surface area contributed by atoms with E-state index in [2.05, 4.69) is 5.32 Å². The van der Waals surface area contributed by atoms with E-state index in [-0.39, 0.29) is 25.2 Å². The smallest absolute Gasteiger partial charge is 0.326 e. The Hall–Kier alpha value is -2.12. The predicted molar refractivity (Wildman–Crippen MR) is 75.8 cm³/mol. The first-order valence-electron chi connectivity index (χ1n) is 6.49. The van der Waals surface area contributed by atoms with E-state index in [0.717, 1.165) is 5.56 Å². The van der Waals surface area contributed by atoms with Gasteiger partial charge in [-0.15, -0.1) is 0 Å². The van der Waals surface area contributed by atoms with Crippen LogP contribution in [0.1, 0.15) is 12.0 Å². The van der Waals surface area contributed by atoms with Crippen molar-refractivity contribution >= 4 is 11.9 Å². The molecule has 1 rings (SSSR count). The van der Waals surface area contributed by atoms with E-state index in [1.54, 1.807) is 12.1 Å². The van der Waals surface area contributed by atoms with E-state index < -0.39 is 24.0 Å². The monoisotopic (exact) mass is 296 g/mol. The molecule has 0 aliphatic rings. The normalized spacial score (nSPS) is 13.4. The molecule has 5 N–H and O–H groups in total. The maximum Gasteiger partial charge on any atom is 0.326 e. The summed E-state index contributed by atoms with van der Waals surface area (Å²) in [6.45, 7) is 0.227. The fourth-order valence-corrected chi connectivity index (χ4v) is 1.75. The summed E-state index contributed by atoms with van der Waals surface area (Å²) in [6.07, 6.45) is 0.423. The van der Waals surface area contributed by atoms with Crippen LogP contribution < -0.4 is 11.1 Å². The molecule has 0 spiro atoms. The van der Waals surface area contributed by atoms with E-state index in [1.807, 2.05) is 0 Å². The number of carboxylic acids is 1. The van der Waals surface area contributed by atoms with Gasteiger partial charge < -0.3 is 26.0 Å². The van der Waals surface area contributed by atoms with Gasteiger partial charge in [0.2, 0.25) is 5.91 Å². The maximum absolute atomic E-state index is 11.9. The molecule has 21 heavy (non-hydrogen) atoms. The lowest BCUT2D eigenvalue weighted by atomic mass is 10.1. The minimum Gasteiger partial charge on any atom is -0.508 e. The van der Waals surface area contributed by atoms with Crippen molar-refractivity contribution in [3.05, 3.63) is 29.8 Å². The van der Waals surface area contributed by atoms with Crippen molar-refractivity contribution in [1.82, 2.24) is 5.32 Å². The van der Waals surface area contributed by atoms with Crippen molar-refractivity contribution in [2.75, 3.05) is 13.7 Å². The summed E-state index contributed by atoms with van der Waals surface area (Å²) in [5.74, 6) is -1.54. The van der Waals surface area contributed by atoms with Crippen molar-refractivity contribution in [1.29, 1.82) is 0 Å². The van der Waals surface area contributed by atoms with Crippen LogP contribution in [0.15, 0.2) is 24.3 Å². The number of ether oxygens (including phenoxy) is 1. The van der Waals surface area contributed by atoms with Crippen LogP contribution in [0.5, 0.6) is 5.75 Å². The van der Waals surface area contributed by atoms with Gasteiger partial charge in [0.05, 0.1) is 6.04 Å². The predicted octanol–water partition coefficient (Wildman–Crippen LogP) is -0.132. The number of aliphatic carboxylic acids is 1. The number of aromatic hydroxyl groups is 1. The highest BCUT2D eigenvalue weighted by atomic mass is 16.5. The van der Waals surface area contributed by atoms with Gasteiger partial charge in [0, 0.05) is 20.1 Å². The van der Waals surface area contributed by atoms with Gasteiger partial charge >= 0.3 is 5.97 Å². The number of amides is 1. The zero-order valence-corrected chi connectivity index (χ0v) is 11.8. The highest BCUT2D eigenvalue weighted by Crippen LogP contribution is 2.11. The molecule has 0 fully saturated rings. The fourth-order valence-electron chi connectivity index (χ4n) is 1.75. The molecule has 0 radical (unpaired) electrons. The zero-order valence-electron chi connectivity index (χ0n) is 11.8. The molecule has 0 aliphatic carbocycles. The first kappa shape index (κ1) is 16.9. The van der Waals surface area contributed by atoms with Crippen molar-refractivity contribution in [3.63, 3.8) is 0 Å². The molecule has 7 heteroatoms. The lowest BCUT2D eigenvalue weighted by molar-refractivity contribution is -0.142. The third-order valence-corrected chi connectivity index (χ3v) is 2.95. The Labute approximate surface area is 122 Å². The summed E-state index contributed by atoms with van der Waals surface area (Å²) in [4.78, 5) is 22.9. The third kappa shape index (κ3) is 5.80. The van der Waals surface area contributed by atoms with Gasteiger partial charge in [0.25, 0.3) is 0 Å². The Morgan fingerprint density at radius 3 is 2.48 bits per heavy atom. The number of hydrogen-bond acceptors (Lipinski definition) is 5. The SMILES string of the molecule is COCCC(NC(=O)[C@H](N)Cc1ccc(O)cc1)C(=O)O. The van der Waals surface area contributed by atoms with Crippen LogP contribution in [0.25, 0.3) is 0 Å². The van der Waals surface area contributed by atoms with Crippen LogP contribution in [-0.2, 0) is 20.7 Å². The second kappa shape index (κ2) is 8.23. The minimum absolute atomic E-state index is 0.127. The fraction of sp³-hybridized carbons (Fsp3) is 0.429. The molecule has 2 atom stereocenters. The van der Waals surface area contributed by atoms with Crippen LogP contribution in [-0.4, -0.2) is 47.9 Å². The number of methoxy groups -OCH3 is 1. The maximum atomic E-state index is 11.9. The highest BCUT2D eigenvalue weighted by Gasteiger charge is 2.23. The van der Waals surface area contributed by atoms with Gasteiger partial charge in [0.1, 0.15) is 11.8 Å². The van der Waals surface area contributed by atoms with Crippen LogP contribution in [0, 0.1) is 0 Å². The molecule has 0 heterocycles. The van der Waals surface area contributed by atoms with Crippen LogP contribution >= 0.6 is 0 Å². The summed E-state index contributed by atoms with van der Waals surface area (Å²) in [7, 11) is 1.46. The molecule has 0 bridgehead atoms. The molecule has 0 aromatic heterocycles. The van der Waals surface area contributed by atoms with E-state index in [1.165, 1.54) is 19.2 Å². The number of phenolic OH excluding ortho intramolecular Hbond substituents is 1. The molecule has 1 amide bonds. The Kier molecular flexibility index (Phi) is 6.64. The Morgan fingerprint density at radius 2 is 1.95 bits per heavy atom. The number of phenols is 1. The summed E-state index contributed by atoms with van der Waals surface area (Å²) in [6, 6.07) is 4.42. The molecule has 0 saturated carbocycles. The first-order chi connectivity index (χ1) is 9.93. The molecule has 0 saturated heterocycles. The van der Waals surface area contributed by atoms with Crippen molar-refractivity contribution in [2.45, 2.75) is 24.9 Å². The second-order valence-corrected chi connectivity index (χ2v) is 4.66. The lowest BCUT2D eigenvalue weighted by Gasteiger charge is -2.17. The summed E-state index contributed by atoms with van der Waals surface area (Å²) >= 11 is 0. The van der Waals surface area contributed by atoms with Gasteiger partial charge in [0.15, 0.2) is 0 Å². The number of carbonyl (C=O) groups excluding carboxylic acids is 1. The molecule has 1 aromatic carbocycles. The van der Waals surface area contributed by atoms with Gasteiger partial charge in [-0.1, -0.05) is 12.1 Å². The average molecular weight is 296 g/mol. The number of nitrogens with two attached hydrogens (primary N) is 1. The van der Waals surface area contributed by atoms with Gasteiger partial charge in [-0.2, -0.15) is 0 Å². The summed E-state index contributed by atoms with van der Waals surface area (Å²) in [5, 5.41) is 20.6. The minimum atomic E-state index is -1.13. The molecule has 116 valence electrons. The molecule has 1 unspecified atom stereocenters. The Bertz CT molecular complexity index is 475. The average Bonchev–Trinajstić information content (AvgIpc) is 2.45. The van der Waals surface area contributed by atoms with Crippen LogP contribution in [0.4, 0.5) is 0 Å². The van der Waals surface area contributed by atoms with Gasteiger partial charge in [-0.3, -0.25) is 4.79 Å². The number of carbonyl (C=O) groups is 2. The molecular weight excluding hydrogens is 276 g/mol. The number of nitrogens with one attached hydrogen (secondary N) is 1. The van der Waals surface area contributed by atoms with Crippen molar-refractivity contribution < 1.29 is 24.5 Å². The van der Waals surface area contributed by atoms with E-state index in [0.29, 0.717) is 0 Å². The topological polar surface area (TPSA) is 122 Å². The first-order valence-corrected chi connectivity index (χ1v) is 6.49. The van der Waals surface area contributed by atoms with E-state index in [4.69, 9.17) is 15.6 Å². The van der Waals surface area contributed by atoms with Crippen molar-refractivity contribution in [3.8, 4) is 5.75 Å². The molecule has 0 aliphatic heterocycles. The molecule has 7 nitrogen and oxygen atoms in total. The van der Waals surface area contributed by atoms with Gasteiger partial charge in [-0.05, 0) is 24.1 Å². The third-order valence-electron chi connectivity index (χ3n) is 2.95.